The summed E-state index contributed by atoms with van der Waals surface area (Å²) in [4.78, 5) is 7.00. The highest BCUT2D eigenvalue weighted by Crippen LogP contribution is 2.35. The number of nitrogens with zero attached hydrogens (tertiary/aromatic N) is 4. The Morgan fingerprint density at radius 1 is 0.978 bits per heavy atom. The lowest BCUT2D eigenvalue weighted by molar-refractivity contribution is -0.141. The summed E-state index contributed by atoms with van der Waals surface area (Å²) in [5.41, 5.74) is 0.615. The third kappa shape index (κ3) is 8.91. The minimum absolute atomic E-state index is 0.00170. The van der Waals surface area contributed by atoms with E-state index in [1.54, 1.807) is 0 Å². The molecule has 0 aliphatic heterocycles. The first-order chi connectivity index (χ1) is 21.5. The van der Waals surface area contributed by atoms with Gasteiger partial charge in [0.2, 0.25) is 0 Å². The van der Waals surface area contributed by atoms with E-state index < -0.39 is 41.7 Å². The van der Waals surface area contributed by atoms with Gasteiger partial charge in [0.25, 0.3) is 0 Å². The molecular weight excluding hydrogens is 620 g/mol. The molecule has 0 aliphatic carbocycles. The monoisotopic (exact) mass is 650 g/mol. The highest BCUT2D eigenvalue weighted by atomic mass is 19.4. The number of hydrogen-bond acceptors (Lipinski definition) is 6. The predicted molar refractivity (Wildman–Crippen MR) is 156 cm³/mol. The van der Waals surface area contributed by atoms with Crippen molar-refractivity contribution < 1.29 is 35.1 Å². The van der Waals surface area contributed by atoms with E-state index >= 15 is 0 Å². The van der Waals surface area contributed by atoms with Gasteiger partial charge in [-0.3, -0.25) is 0 Å². The van der Waals surface area contributed by atoms with Crippen LogP contribution in [0.5, 0.6) is 0 Å². The first kappa shape index (κ1) is 35.7. The lowest BCUT2D eigenvalue weighted by atomic mass is 9.94. The van der Waals surface area contributed by atoms with Gasteiger partial charge in [-0.1, -0.05) is 39.1 Å². The van der Waals surface area contributed by atoms with E-state index in [1.807, 2.05) is 13.8 Å². The minimum atomic E-state index is -4.81. The first-order valence-electron chi connectivity index (χ1n) is 13.7. The maximum absolute atomic E-state index is 14.5. The molecule has 6 nitrogen and oxygen atoms in total. The summed E-state index contributed by atoms with van der Waals surface area (Å²) in [6.07, 6.45) is -9.14. The number of alkyl halides is 6. The zero-order chi connectivity index (χ0) is 34.4. The Balaban J connectivity index is 2.09. The van der Waals surface area contributed by atoms with Crippen LogP contribution in [0.3, 0.4) is 0 Å². The molecule has 2 N–H and O–H groups in total. The largest absolute Gasteiger partial charge is 0.433 e. The smallest absolute Gasteiger partial charge is 0.355 e. The quantitative estimate of drug-likeness (QED) is 0.0889. The second-order valence-electron chi connectivity index (χ2n) is 10.6. The van der Waals surface area contributed by atoms with E-state index in [0.717, 1.165) is 24.3 Å². The number of rotatable bonds is 12. The Morgan fingerprint density at radius 2 is 1.67 bits per heavy atom. The number of halogens is 8. The van der Waals surface area contributed by atoms with E-state index in [1.165, 1.54) is 24.2 Å². The molecule has 1 aromatic heterocycles. The summed E-state index contributed by atoms with van der Waals surface area (Å²) in [6.45, 7) is 11.5. The number of hydrazine groups is 1. The van der Waals surface area contributed by atoms with Crippen molar-refractivity contribution in [1.29, 1.82) is 5.26 Å². The average Bonchev–Trinajstić information content (AvgIpc) is 2.97. The Bertz CT molecular complexity index is 1670. The van der Waals surface area contributed by atoms with Crippen LogP contribution < -0.4 is 10.7 Å². The summed E-state index contributed by atoms with van der Waals surface area (Å²) >= 11 is 0. The van der Waals surface area contributed by atoms with Crippen LogP contribution in [0.25, 0.3) is 0 Å². The lowest BCUT2D eigenvalue weighted by Crippen LogP contribution is -2.35. The fraction of sp³-hybridized carbons (Fsp3) is 0.281. The Kier molecular flexibility index (Phi) is 11.3. The van der Waals surface area contributed by atoms with Gasteiger partial charge in [0.1, 0.15) is 12.0 Å². The molecule has 0 radical (unpaired) electrons. The van der Waals surface area contributed by atoms with Crippen LogP contribution >= 0.6 is 0 Å². The van der Waals surface area contributed by atoms with Crippen molar-refractivity contribution in [1.82, 2.24) is 20.4 Å². The molecular formula is C32H30F8N6. The number of aromatic nitrogens is 2. The van der Waals surface area contributed by atoms with Crippen LogP contribution in [-0.4, -0.2) is 22.0 Å². The van der Waals surface area contributed by atoms with E-state index in [-0.39, 0.29) is 63.9 Å². The van der Waals surface area contributed by atoms with Crippen LogP contribution in [0.15, 0.2) is 84.5 Å². The lowest BCUT2D eigenvalue weighted by Gasteiger charge is -2.30. The normalized spacial score (nSPS) is 12.4. The van der Waals surface area contributed by atoms with Gasteiger partial charge in [-0.15, -0.1) is 0 Å². The molecule has 2 aromatic carbocycles. The highest BCUT2D eigenvalue weighted by molar-refractivity contribution is 5.64. The summed E-state index contributed by atoms with van der Waals surface area (Å²) < 4.78 is 109. The summed E-state index contributed by atoms with van der Waals surface area (Å²) in [6, 6.07) is 9.02. The third-order valence-corrected chi connectivity index (χ3v) is 6.70. The van der Waals surface area contributed by atoms with Gasteiger partial charge in [-0.2, -0.15) is 31.6 Å². The number of nitrogens with one attached hydrogen (secondary N) is 2. The SMILES string of the molecule is C=C(Nc1ccc(C(F)(F)F)cc1Cc1cc(C(F)(F)F)ncn1)/C(C(=C)N(Cc1cccc(F)c1F)NC)=C(\C#N)CC(C)C. The molecule has 0 saturated heterocycles. The zero-order valence-corrected chi connectivity index (χ0v) is 25.0. The molecule has 0 saturated carbocycles. The number of hydrogen-bond donors (Lipinski definition) is 2. The fourth-order valence-electron chi connectivity index (χ4n) is 4.54. The van der Waals surface area contributed by atoms with Crippen LogP contribution in [0.4, 0.5) is 40.8 Å². The fourth-order valence-corrected chi connectivity index (χ4v) is 4.54. The van der Waals surface area contributed by atoms with Crippen LogP contribution in [0.2, 0.25) is 0 Å². The van der Waals surface area contributed by atoms with Crippen LogP contribution in [-0.2, 0) is 25.3 Å². The maximum Gasteiger partial charge on any atom is 0.433 e. The summed E-state index contributed by atoms with van der Waals surface area (Å²) in [5.74, 6) is -2.20. The molecule has 0 bridgehead atoms. The van der Waals surface area contributed by atoms with Crippen LogP contribution in [0.1, 0.15) is 48.3 Å². The summed E-state index contributed by atoms with van der Waals surface area (Å²) in [7, 11) is 1.48. The molecule has 1 heterocycles. The zero-order valence-electron chi connectivity index (χ0n) is 25.0. The van der Waals surface area contributed by atoms with Crippen molar-refractivity contribution in [3.05, 3.63) is 124 Å². The molecule has 46 heavy (non-hydrogen) atoms. The van der Waals surface area contributed by atoms with Crippen molar-refractivity contribution in [2.45, 2.75) is 45.6 Å². The van der Waals surface area contributed by atoms with E-state index in [2.05, 4.69) is 39.9 Å². The molecule has 244 valence electrons. The van der Waals surface area contributed by atoms with Gasteiger partial charge in [0, 0.05) is 47.3 Å². The van der Waals surface area contributed by atoms with Gasteiger partial charge in [-0.05, 0) is 48.2 Å². The molecule has 0 aliphatic rings. The predicted octanol–water partition coefficient (Wildman–Crippen LogP) is 8.33. The van der Waals surface area contributed by atoms with Gasteiger partial charge in [0.15, 0.2) is 11.6 Å². The Hall–Kier alpha value is -4.77. The average molecular weight is 651 g/mol. The minimum Gasteiger partial charge on any atom is -0.355 e. The standard InChI is InChI=1S/C32H30F8N6/c1-18(2)11-23(15-41)29(20(4)46(42-5)16-21-7-6-8-26(33)30(21)34)19(3)45-27-10-9-24(31(35,36)37)12-22(27)13-25-14-28(32(38,39)40)44-17-43-25/h6-10,12,14,17-18,42,45H,3-4,11,13,16H2,1-2,5H3/b29-23+. The molecule has 0 spiro atoms. The van der Waals surface area contributed by atoms with E-state index in [0.29, 0.717) is 12.4 Å². The maximum atomic E-state index is 14.5. The van der Waals surface area contributed by atoms with Gasteiger partial charge >= 0.3 is 12.4 Å². The number of allylic oxidation sites excluding steroid dienone is 1. The highest BCUT2D eigenvalue weighted by Gasteiger charge is 2.34. The topological polar surface area (TPSA) is 76.9 Å². The Morgan fingerprint density at radius 3 is 2.26 bits per heavy atom. The Labute approximate surface area is 260 Å². The van der Waals surface area contributed by atoms with Crippen molar-refractivity contribution in [2.75, 3.05) is 12.4 Å². The second-order valence-corrected chi connectivity index (χ2v) is 10.6. The van der Waals surface area contributed by atoms with Crippen molar-refractivity contribution >= 4 is 5.69 Å². The molecule has 3 rings (SSSR count). The molecule has 0 amide bonds. The first-order valence-corrected chi connectivity index (χ1v) is 13.7. The number of benzene rings is 2. The van der Waals surface area contributed by atoms with E-state index in [9.17, 15) is 40.4 Å². The molecule has 0 unspecified atom stereocenters. The van der Waals surface area contributed by atoms with Gasteiger partial charge < -0.3 is 10.3 Å². The van der Waals surface area contributed by atoms with Crippen LogP contribution in [0, 0.1) is 28.9 Å². The summed E-state index contributed by atoms with van der Waals surface area (Å²) in [5, 5.41) is 14.3. The molecule has 0 fully saturated rings. The van der Waals surface area contributed by atoms with Gasteiger partial charge in [-0.25, -0.2) is 24.2 Å². The van der Waals surface area contributed by atoms with Crippen molar-refractivity contribution in [3.63, 3.8) is 0 Å². The van der Waals surface area contributed by atoms with Crippen molar-refractivity contribution in [3.8, 4) is 6.07 Å². The molecule has 3 aromatic rings. The molecule has 14 heteroatoms. The van der Waals surface area contributed by atoms with E-state index in [4.69, 9.17) is 0 Å². The second kappa shape index (κ2) is 14.6. The third-order valence-electron chi connectivity index (χ3n) is 6.70. The van der Waals surface area contributed by atoms with Gasteiger partial charge in [0.05, 0.1) is 23.9 Å². The number of anilines is 1. The number of nitriles is 1. The molecule has 0 atom stereocenters. The van der Waals surface area contributed by atoms with Crippen molar-refractivity contribution in [2.24, 2.45) is 5.92 Å².